The van der Waals surface area contributed by atoms with Crippen LogP contribution < -0.4 is 5.32 Å². The molecule has 1 aliphatic rings. The van der Waals surface area contributed by atoms with Crippen LogP contribution in [0.4, 0.5) is 5.69 Å². The standard InChI is InChI=1S/C25H27N11O2/c1-16(2)30-21-9-23(36-25-19(12-29-36)8-18(10-26)11-28-25)27-13-20(21)22-14-35(32-31-22)15-24(38)34-6-4-33(5-7-34)17(3)37/h8-9,11-14,16H,4-7,15H2,1-3H3,(H,27,30). The summed E-state index contributed by atoms with van der Waals surface area (Å²) < 4.78 is 3.13. The van der Waals surface area contributed by atoms with Crippen molar-refractivity contribution in [3.63, 3.8) is 0 Å². The Kier molecular flexibility index (Phi) is 6.69. The van der Waals surface area contributed by atoms with Gasteiger partial charge in [-0.1, -0.05) is 5.21 Å². The molecule has 5 rings (SSSR count). The van der Waals surface area contributed by atoms with E-state index >= 15 is 0 Å². The summed E-state index contributed by atoms with van der Waals surface area (Å²) in [6.45, 7) is 7.72. The van der Waals surface area contributed by atoms with Crippen LogP contribution in [-0.4, -0.2) is 88.6 Å². The molecule has 1 aliphatic heterocycles. The Labute approximate surface area is 218 Å². The minimum Gasteiger partial charge on any atom is -0.382 e. The number of hydrogen-bond acceptors (Lipinski definition) is 9. The fourth-order valence-corrected chi connectivity index (χ4v) is 4.35. The van der Waals surface area contributed by atoms with Gasteiger partial charge in [-0.25, -0.2) is 14.6 Å². The lowest BCUT2D eigenvalue weighted by Crippen LogP contribution is -2.50. The average Bonchev–Trinajstić information content (AvgIpc) is 3.55. The van der Waals surface area contributed by atoms with E-state index in [1.165, 1.54) is 17.8 Å². The number of piperazine rings is 1. The molecule has 0 aromatic carbocycles. The second-order valence-corrected chi connectivity index (χ2v) is 9.38. The van der Waals surface area contributed by atoms with Gasteiger partial charge >= 0.3 is 0 Å². The lowest BCUT2D eigenvalue weighted by molar-refractivity contribution is -0.138. The first-order valence-electron chi connectivity index (χ1n) is 12.3. The Morgan fingerprint density at radius 2 is 1.84 bits per heavy atom. The Balaban J connectivity index is 1.38. The van der Waals surface area contributed by atoms with Crippen LogP contribution in [0.3, 0.4) is 0 Å². The van der Waals surface area contributed by atoms with Crippen molar-refractivity contribution >= 4 is 28.5 Å². The molecule has 0 unspecified atom stereocenters. The van der Waals surface area contributed by atoms with Crippen LogP contribution in [0.1, 0.15) is 26.3 Å². The molecule has 13 heteroatoms. The van der Waals surface area contributed by atoms with Crippen molar-refractivity contribution < 1.29 is 9.59 Å². The molecule has 38 heavy (non-hydrogen) atoms. The van der Waals surface area contributed by atoms with Gasteiger partial charge in [0, 0.05) is 74.2 Å². The number of fused-ring (bicyclic) bond motifs is 1. The maximum atomic E-state index is 12.8. The zero-order valence-corrected chi connectivity index (χ0v) is 21.4. The van der Waals surface area contributed by atoms with Gasteiger partial charge in [-0.2, -0.15) is 15.0 Å². The van der Waals surface area contributed by atoms with Crippen LogP contribution in [-0.2, 0) is 16.1 Å². The summed E-state index contributed by atoms with van der Waals surface area (Å²) in [6, 6.07) is 5.80. The van der Waals surface area contributed by atoms with Crippen molar-refractivity contribution in [2.45, 2.75) is 33.4 Å². The van der Waals surface area contributed by atoms with Crippen molar-refractivity contribution in [3.05, 3.63) is 42.5 Å². The average molecular weight is 514 g/mol. The molecule has 4 aromatic rings. The number of rotatable bonds is 6. The van der Waals surface area contributed by atoms with Crippen LogP contribution in [0.15, 0.2) is 36.9 Å². The molecule has 0 radical (unpaired) electrons. The molecule has 4 aromatic heterocycles. The van der Waals surface area contributed by atoms with Crippen LogP contribution in [0.25, 0.3) is 28.1 Å². The van der Waals surface area contributed by atoms with Gasteiger partial charge in [-0.05, 0) is 19.9 Å². The van der Waals surface area contributed by atoms with Crippen LogP contribution in [0.2, 0.25) is 0 Å². The third-order valence-corrected chi connectivity index (χ3v) is 6.28. The van der Waals surface area contributed by atoms with E-state index in [-0.39, 0.29) is 24.4 Å². The number of amides is 2. The van der Waals surface area contributed by atoms with Crippen molar-refractivity contribution in [2.24, 2.45) is 0 Å². The number of anilines is 1. The van der Waals surface area contributed by atoms with E-state index in [2.05, 4.69) is 36.8 Å². The molecule has 5 heterocycles. The van der Waals surface area contributed by atoms with E-state index in [0.29, 0.717) is 48.9 Å². The van der Waals surface area contributed by atoms with Gasteiger partial charge in [0.2, 0.25) is 11.8 Å². The van der Waals surface area contributed by atoms with Crippen molar-refractivity contribution in [2.75, 3.05) is 31.5 Å². The van der Waals surface area contributed by atoms with E-state index in [9.17, 15) is 9.59 Å². The molecule has 0 atom stereocenters. The highest BCUT2D eigenvalue weighted by Gasteiger charge is 2.23. The molecule has 0 spiro atoms. The van der Waals surface area contributed by atoms with Gasteiger partial charge in [-0.3, -0.25) is 9.59 Å². The van der Waals surface area contributed by atoms with Crippen LogP contribution in [0.5, 0.6) is 0 Å². The number of nitrogens with one attached hydrogen (secondary N) is 1. The fraction of sp³-hybridized carbons (Fsp3) is 0.360. The van der Waals surface area contributed by atoms with Crippen molar-refractivity contribution in [3.8, 4) is 23.1 Å². The maximum Gasteiger partial charge on any atom is 0.244 e. The van der Waals surface area contributed by atoms with Gasteiger partial charge in [0.15, 0.2) is 11.5 Å². The molecule has 1 N–H and O–H groups in total. The van der Waals surface area contributed by atoms with E-state index in [1.54, 1.807) is 39.1 Å². The van der Waals surface area contributed by atoms with Crippen molar-refractivity contribution in [1.29, 1.82) is 5.26 Å². The quantitative estimate of drug-likeness (QED) is 0.404. The molecular weight excluding hydrogens is 486 g/mol. The topological polar surface area (TPSA) is 151 Å². The molecule has 0 aliphatic carbocycles. The summed E-state index contributed by atoms with van der Waals surface area (Å²) in [6.07, 6.45) is 6.57. The molecule has 194 valence electrons. The zero-order valence-electron chi connectivity index (χ0n) is 21.4. The number of aromatic nitrogens is 7. The number of nitrogens with zero attached hydrogens (tertiary/aromatic N) is 10. The molecule has 0 bridgehead atoms. The van der Waals surface area contributed by atoms with Crippen LogP contribution >= 0.6 is 0 Å². The third-order valence-electron chi connectivity index (χ3n) is 6.28. The van der Waals surface area contributed by atoms with E-state index in [0.717, 1.165) is 16.6 Å². The minimum absolute atomic E-state index is 0.0218. The number of carbonyl (C=O) groups is 2. The predicted octanol–water partition coefficient (Wildman–Crippen LogP) is 1.46. The SMILES string of the molecule is CC(=O)N1CCN(C(=O)Cn2cc(-c3cnc(-n4ncc5cc(C#N)cnc54)cc3NC(C)C)nn2)CC1. The lowest BCUT2D eigenvalue weighted by atomic mass is 10.1. The molecule has 13 nitrogen and oxygen atoms in total. The number of carbonyl (C=O) groups excluding carboxylic acids is 2. The molecular formula is C25H27N11O2. The number of hydrogen-bond donors (Lipinski definition) is 1. The van der Waals surface area contributed by atoms with E-state index in [4.69, 9.17) is 5.26 Å². The van der Waals surface area contributed by atoms with Crippen molar-refractivity contribution in [1.82, 2.24) is 44.5 Å². The van der Waals surface area contributed by atoms with E-state index in [1.807, 2.05) is 19.9 Å². The highest BCUT2D eigenvalue weighted by Crippen LogP contribution is 2.29. The first-order valence-corrected chi connectivity index (χ1v) is 12.3. The highest BCUT2D eigenvalue weighted by molar-refractivity contribution is 5.80. The predicted molar refractivity (Wildman–Crippen MR) is 138 cm³/mol. The Morgan fingerprint density at radius 3 is 2.55 bits per heavy atom. The maximum absolute atomic E-state index is 12.8. The second-order valence-electron chi connectivity index (χ2n) is 9.38. The lowest BCUT2D eigenvalue weighted by Gasteiger charge is -2.34. The minimum atomic E-state index is -0.0729. The number of pyridine rings is 2. The molecule has 1 saturated heterocycles. The summed E-state index contributed by atoms with van der Waals surface area (Å²) in [7, 11) is 0. The van der Waals surface area contributed by atoms with Gasteiger partial charge < -0.3 is 15.1 Å². The third kappa shape index (κ3) is 5.01. The van der Waals surface area contributed by atoms with Gasteiger partial charge in [0.05, 0.1) is 18.0 Å². The monoisotopic (exact) mass is 513 g/mol. The highest BCUT2D eigenvalue weighted by atomic mass is 16.2. The Bertz CT molecular complexity index is 1540. The summed E-state index contributed by atoms with van der Waals surface area (Å²) in [4.78, 5) is 36.8. The summed E-state index contributed by atoms with van der Waals surface area (Å²) >= 11 is 0. The first-order chi connectivity index (χ1) is 18.3. The Hall–Kier alpha value is -4.86. The zero-order chi connectivity index (χ0) is 26.8. The summed E-state index contributed by atoms with van der Waals surface area (Å²) in [5.74, 6) is 0.501. The van der Waals surface area contributed by atoms with Gasteiger partial charge in [0.1, 0.15) is 18.3 Å². The first kappa shape index (κ1) is 24.8. The van der Waals surface area contributed by atoms with Gasteiger partial charge in [-0.15, -0.1) is 5.10 Å². The van der Waals surface area contributed by atoms with Gasteiger partial charge in [0.25, 0.3) is 0 Å². The number of nitriles is 1. The molecule has 0 saturated carbocycles. The largest absolute Gasteiger partial charge is 0.382 e. The fourth-order valence-electron chi connectivity index (χ4n) is 4.35. The summed E-state index contributed by atoms with van der Waals surface area (Å²) in [5.41, 5.74) is 3.13. The Morgan fingerprint density at radius 1 is 1.08 bits per heavy atom. The summed E-state index contributed by atoms with van der Waals surface area (Å²) in [5, 5.41) is 26.2. The molecule has 1 fully saturated rings. The second kappa shape index (κ2) is 10.3. The van der Waals surface area contributed by atoms with E-state index < -0.39 is 0 Å². The molecule has 2 amide bonds. The van der Waals surface area contributed by atoms with Crippen LogP contribution in [0, 0.1) is 11.3 Å². The smallest absolute Gasteiger partial charge is 0.244 e. The normalized spacial score (nSPS) is 13.7.